The van der Waals surface area contributed by atoms with Gasteiger partial charge in [0.1, 0.15) is 0 Å². The maximum Gasteiger partial charge on any atom is -0.0232 e. The zero-order valence-electron chi connectivity index (χ0n) is 11.9. The maximum absolute atomic E-state index is 2.52. The number of hydrogen-bond donors (Lipinski definition) is 0. The van der Waals surface area contributed by atoms with Gasteiger partial charge in [-0.2, -0.15) is 0 Å². The van der Waals surface area contributed by atoms with Crippen molar-refractivity contribution in [2.45, 2.75) is 52.4 Å². The van der Waals surface area contributed by atoms with Crippen LogP contribution in [-0.4, -0.2) is 0 Å². The Bertz CT molecular complexity index is 374. The Labute approximate surface area is 112 Å². The fourth-order valence-electron chi connectivity index (χ4n) is 2.88. The van der Waals surface area contributed by atoms with Gasteiger partial charge in [0.2, 0.25) is 0 Å². The first-order valence-corrected chi connectivity index (χ1v) is 7.48. The quantitative estimate of drug-likeness (QED) is 0.607. The first kappa shape index (κ1) is 13.4. The summed E-state index contributed by atoms with van der Waals surface area (Å²) in [5.41, 5.74) is 3.21. The van der Waals surface area contributed by atoms with Crippen molar-refractivity contribution in [3.63, 3.8) is 0 Å². The van der Waals surface area contributed by atoms with E-state index in [0.29, 0.717) is 0 Å². The highest BCUT2D eigenvalue weighted by atomic mass is 14.2. The molecule has 1 aliphatic rings. The van der Waals surface area contributed by atoms with Crippen LogP contribution in [0.1, 0.15) is 51.5 Å². The zero-order valence-corrected chi connectivity index (χ0v) is 11.9. The Morgan fingerprint density at radius 1 is 1.22 bits per heavy atom. The number of rotatable bonds is 5. The van der Waals surface area contributed by atoms with Gasteiger partial charge in [0.05, 0.1) is 0 Å². The third-order valence-corrected chi connectivity index (χ3v) is 4.29. The molecule has 0 radical (unpaired) electrons. The van der Waals surface area contributed by atoms with Gasteiger partial charge in [0, 0.05) is 0 Å². The largest absolute Gasteiger partial charge is 0.0848 e. The Morgan fingerprint density at radius 2 is 2.00 bits per heavy atom. The van der Waals surface area contributed by atoms with E-state index in [1.807, 2.05) is 0 Å². The van der Waals surface area contributed by atoms with E-state index in [2.05, 4.69) is 50.3 Å². The molecule has 0 saturated heterocycles. The summed E-state index contributed by atoms with van der Waals surface area (Å²) in [5.74, 6) is 1.70. The second-order valence-electron chi connectivity index (χ2n) is 5.94. The minimum absolute atomic E-state index is 0.793. The lowest BCUT2D eigenvalue weighted by Crippen LogP contribution is -2.08. The van der Waals surface area contributed by atoms with Crippen LogP contribution in [-0.2, 0) is 6.42 Å². The van der Waals surface area contributed by atoms with Crippen LogP contribution in [0.2, 0.25) is 0 Å². The van der Waals surface area contributed by atoms with Crippen molar-refractivity contribution < 1.29 is 0 Å². The maximum atomic E-state index is 2.52. The van der Waals surface area contributed by atoms with Crippen molar-refractivity contribution in [2.24, 2.45) is 11.8 Å². The fraction of sp³-hybridized carbons (Fsp3) is 0.556. The second-order valence-corrected chi connectivity index (χ2v) is 5.94. The van der Waals surface area contributed by atoms with Crippen molar-refractivity contribution in [1.82, 2.24) is 0 Å². The van der Waals surface area contributed by atoms with Gasteiger partial charge in [-0.3, -0.25) is 0 Å². The highest BCUT2D eigenvalue weighted by Gasteiger charge is 2.14. The van der Waals surface area contributed by atoms with Crippen LogP contribution in [0.15, 0.2) is 42.0 Å². The van der Waals surface area contributed by atoms with Crippen molar-refractivity contribution in [3.8, 4) is 0 Å². The molecule has 0 bridgehead atoms. The summed E-state index contributed by atoms with van der Waals surface area (Å²) >= 11 is 0. The molecule has 0 heterocycles. The molecule has 1 aliphatic carbocycles. The van der Waals surface area contributed by atoms with Gasteiger partial charge < -0.3 is 0 Å². The van der Waals surface area contributed by atoms with E-state index in [1.165, 1.54) is 44.1 Å². The highest BCUT2D eigenvalue weighted by molar-refractivity contribution is 5.15. The Kier molecular flexibility index (Phi) is 5.04. The monoisotopic (exact) mass is 242 g/mol. The van der Waals surface area contributed by atoms with Crippen LogP contribution in [0.3, 0.4) is 0 Å². The van der Waals surface area contributed by atoms with E-state index in [9.17, 15) is 0 Å². The third kappa shape index (κ3) is 4.01. The SMILES string of the molecule is CC1CC=C(C(C)CCCc2ccccc2)CC1. The van der Waals surface area contributed by atoms with Crippen LogP contribution in [0.4, 0.5) is 0 Å². The lowest BCUT2D eigenvalue weighted by Gasteiger charge is -2.23. The van der Waals surface area contributed by atoms with Crippen LogP contribution in [0.5, 0.6) is 0 Å². The molecule has 0 nitrogen and oxygen atoms in total. The summed E-state index contributed by atoms with van der Waals surface area (Å²) in [6.45, 7) is 4.78. The standard InChI is InChI=1S/C18H26/c1-15-11-13-18(14-12-15)16(2)7-6-10-17-8-4-3-5-9-17/h3-5,8-9,13,15-16H,6-7,10-12,14H2,1-2H3. The van der Waals surface area contributed by atoms with Crippen LogP contribution >= 0.6 is 0 Å². The third-order valence-electron chi connectivity index (χ3n) is 4.29. The molecule has 2 unspecified atom stereocenters. The van der Waals surface area contributed by atoms with E-state index in [0.717, 1.165) is 11.8 Å². The molecule has 18 heavy (non-hydrogen) atoms. The van der Waals surface area contributed by atoms with Crippen LogP contribution in [0, 0.1) is 11.8 Å². The van der Waals surface area contributed by atoms with E-state index >= 15 is 0 Å². The predicted octanol–water partition coefficient (Wildman–Crippen LogP) is 5.39. The molecule has 0 saturated carbocycles. The minimum Gasteiger partial charge on any atom is -0.0848 e. The average molecular weight is 242 g/mol. The first-order valence-electron chi connectivity index (χ1n) is 7.48. The fourth-order valence-corrected chi connectivity index (χ4v) is 2.88. The van der Waals surface area contributed by atoms with Crippen LogP contribution < -0.4 is 0 Å². The number of allylic oxidation sites excluding steroid dienone is 2. The summed E-state index contributed by atoms with van der Waals surface area (Å²) in [6.07, 6.45) is 10.4. The molecule has 1 aromatic rings. The van der Waals surface area contributed by atoms with Crippen molar-refractivity contribution in [3.05, 3.63) is 47.5 Å². The molecule has 98 valence electrons. The number of hydrogen-bond acceptors (Lipinski definition) is 0. The van der Waals surface area contributed by atoms with Gasteiger partial charge in [-0.1, -0.05) is 55.8 Å². The average Bonchev–Trinajstić information content (AvgIpc) is 2.40. The van der Waals surface area contributed by atoms with Crippen molar-refractivity contribution in [2.75, 3.05) is 0 Å². The molecule has 0 fully saturated rings. The molecule has 1 aromatic carbocycles. The lowest BCUT2D eigenvalue weighted by molar-refractivity contribution is 0.466. The smallest absolute Gasteiger partial charge is 0.0232 e. The molecule has 0 heteroatoms. The predicted molar refractivity (Wildman–Crippen MR) is 79.6 cm³/mol. The summed E-state index contributed by atoms with van der Waals surface area (Å²) < 4.78 is 0. The molecule has 2 rings (SSSR count). The normalized spacial score (nSPS) is 21.4. The van der Waals surface area contributed by atoms with E-state index in [-0.39, 0.29) is 0 Å². The molecule has 2 atom stereocenters. The molecular formula is C18H26. The van der Waals surface area contributed by atoms with Gasteiger partial charge >= 0.3 is 0 Å². The topological polar surface area (TPSA) is 0 Å². The second kappa shape index (κ2) is 6.78. The minimum atomic E-state index is 0.793. The number of benzene rings is 1. The Balaban J connectivity index is 1.73. The van der Waals surface area contributed by atoms with Crippen molar-refractivity contribution >= 4 is 0 Å². The molecule has 0 aromatic heterocycles. The molecule has 0 amide bonds. The Morgan fingerprint density at radius 3 is 2.67 bits per heavy atom. The highest BCUT2D eigenvalue weighted by Crippen LogP contribution is 2.30. The molecule has 0 aliphatic heterocycles. The first-order chi connectivity index (χ1) is 8.75. The molecular weight excluding hydrogens is 216 g/mol. The lowest BCUT2D eigenvalue weighted by atomic mass is 9.83. The summed E-state index contributed by atoms with van der Waals surface area (Å²) in [7, 11) is 0. The summed E-state index contributed by atoms with van der Waals surface area (Å²) in [6, 6.07) is 10.9. The van der Waals surface area contributed by atoms with Gasteiger partial charge in [0.25, 0.3) is 0 Å². The Hall–Kier alpha value is -1.04. The van der Waals surface area contributed by atoms with E-state index in [1.54, 1.807) is 5.57 Å². The molecule has 0 spiro atoms. The van der Waals surface area contributed by atoms with E-state index < -0.39 is 0 Å². The molecule has 0 N–H and O–H groups in total. The summed E-state index contributed by atoms with van der Waals surface area (Å²) in [5, 5.41) is 0. The van der Waals surface area contributed by atoms with Gasteiger partial charge in [0.15, 0.2) is 0 Å². The van der Waals surface area contributed by atoms with E-state index in [4.69, 9.17) is 0 Å². The zero-order chi connectivity index (χ0) is 12.8. The van der Waals surface area contributed by atoms with Gasteiger partial charge in [-0.05, 0) is 55.9 Å². The summed E-state index contributed by atoms with van der Waals surface area (Å²) in [4.78, 5) is 0. The van der Waals surface area contributed by atoms with Crippen LogP contribution in [0.25, 0.3) is 0 Å². The van der Waals surface area contributed by atoms with Crippen molar-refractivity contribution in [1.29, 1.82) is 0 Å². The van der Waals surface area contributed by atoms with Gasteiger partial charge in [-0.15, -0.1) is 0 Å². The number of aryl methyl sites for hydroxylation is 1. The van der Waals surface area contributed by atoms with Gasteiger partial charge in [-0.25, -0.2) is 0 Å².